The number of pyridine rings is 1. The maximum atomic E-state index is 14.3. The van der Waals surface area contributed by atoms with Crippen LogP contribution in [0.3, 0.4) is 0 Å². The zero-order valence-corrected chi connectivity index (χ0v) is 26.8. The highest BCUT2D eigenvalue weighted by Crippen LogP contribution is 2.34. The fourth-order valence-corrected chi connectivity index (χ4v) is 6.34. The van der Waals surface area contributed by atoms with Crippen molar-refractivity contribution in [1.29, 1.82) is 0 Å². The zero-order chi connectivity index (χ0) is 32.3. The Hall–Kier alpha value is -3.46. The minimum Gasteiger partial charge on any atom is -0.496 e. The molecular weight excluding hydrogens is 577 g/mol. The van der Waals surface area contributed by atoms with Crippen molar-refractivity contribution in [3.8, 4) is 23.5 Å². The summed E-state index contributed by atoms with van der Waals surface area (Å²) in [6.07, 6.45) is 6.80. The second-order valence-electron chi connectivity index (χ2n) is 12.2. The van der Waals surface area contributed by atoms with Gasteiger partial charge in [-0.05, 0) is 76.6 Å². The van der Waals surface area contributed by atoms with Crippen LogP contribution in [0.25, 0.3) is 10.8 Å². The number of benzene rings is 1. The van der Waals surface area contributed by atoms with Crippen molar-refractivity contribution in [3.63, 3.8) is 0 Å². The van der Waals surface area contributed by atoms with Gasteiger partial charge in [-0.25, -0.2) is 9.37 Å². The number of fused-ring (bicyclic) bond motifs is 1. The molecule has 1 aromatic carbocycles. The van der Waals surface area contributed by atoms with Gasteiger partial charge >= 0.3 is 0 Å². The standard InChI is InChI=1S/C34H48FN5O5/c1-4-25-29(39-33(42)31(25)35)21-45-34-27-18-30(43-3)28(32(37)41)17-26(27)24(19-38-34)12-11-22-7-9-23(10-8-22)20-40(2)14-6-16-44-15-5-13-36/h17-19,22-23,25,29,31H,4-10,13-16,20-21,36H2,1-3H3,(H2,37,41)(H,39,42)/t22-,23-,25-,29+,31-/m0/s1. The molecule has 3 atom stereocenters. The number of nitrogens with two attached hydrogens (primary N) is 2. The first-order valence-electron chi connectivity index (χ1n) is 16.1. The Morgan fingerprint density at radius 2 is 1.93 bits per heavy atom. The molecule has 0 radical (unpaired) electrons. The van der Waals surface area contributed by atoms with E-state index in [4.69, 9.17) is 25.7 Å². The van der Waals surface area contributed by atoms with Crippen LogP contribution in [0.2, 0.25) is 0 Å². The zero-order valence-electron chi connectivity index (χ0n) is 26.8. The van der Waals surface area contributed by atoms with E-state index in [1.807, 2.05) is 6.92 Å². The molecule has 0 unspecified atom stereocenters. The quantitative estimate of drug-likeness (QED) is 0.202. The van der Waals surface area contributed by atoms with Gasteiger partial charge in [-0.2, -0.15) is 0 Å². The van der Waals surface area contributed by atoms with Crippen molar-refractivity contribution in [1.82, 2.24) is 15.2 Å². The highest BCUT2D eigenvalue weighted by molar-refractivity contribution is 6.03. The second kappa shape index (κ2) is 16.7. The van der Waals surface area contributed by atoms with Gasteiger partial charge < -0.3 is 35.9 Å². The number of aromatic nitrogens is 1. The van der Waals surface area contributed by atoms with E-state index in [-0.39, 0.29) is 24.0 Å². The van der Waals surface area contributed by atoms with Gasteiger partial charge in [0.15, 0.2) is 6.17 Å². The molecular formula is C34H48FN5O5. The molecule has 1 aromatic heterocycles. The van der Waals surface area contributed by atoms with E-state index in [9.17, 15) is 14.0 Å². The number of carbonyl (C=O) groups excluding carboxylic acids is 2. The van der Waals surface area contributed by atoms with E-state index in [0.717, 1.165) is 64.8 Å². The summed E-state index contributed by atoms with van der Waals surface area (Å²) in [7, 11) is 3.64. The molecule has 11 heteroatoms. The maximum Gasteiger partial charge on any atom is 0.255 e. The van der Waals surface area contributed by atoms with Gasteiger partial charge in [-0.15, -0.1) is 0 Å². The Kier molecular flexibility index (Phi) is 12.8. The minimum absolute atomic E-state index is 0.0542. The Bertz CT molecular complexity index is 1370. The molecule has 1 saturated carbocycles. The van der Waals surface area contributed by atoms with Gasteiger partial charge in [0.2, 0.25) is 5.88 Å². The van der Waals surface area contributed by atoms with Gasteiger partial charge in [0.05, 0.1) is 24.3 Å². The van der Waals surface area contributed by atoms with Gasteiger partial charge in [0, 0.05) is 55.1 Å². The fraction of sp³-hybridized carbons (Fsp3) is 0.618. The average molecular weight is 626 g/mol. The van der Waals surface area contributed by atoms with E-state index in [0.29, 0.717) is 41.0 Å². The monoisotopic (exact) mass is 625 g/mol. The summed E-state index contributed by atoms with van der Waals surface area (Å²) in [5.41, 5.74) is 12.1. The lowest BCUT2D eigenvalue weighted by atomic mass is 9.82. The molecule has 10 nitrogen and oxygen atoms in total. The van der Waals surface area contributed by atoms with Crippen molar-refractivity contribution < 1.29 is 28.2 Å². The smallest absolute Gasteiger partial charge is 0.255 e. The molecule has 246 valence electrons. The molecule has 4 rings (SSSR count). The third kappa shape index (κ3) is 9.06. The molecule has 2 heterocycles. The Morgan fingerprint density at radius 3 is 2.62 bits per heavy atom. The molecule has 2 aromatic rings. The molecule has 2 fully saturated rings. The van der Waals surface area contributed by atoms with Crippen molar-refractivity contribution in [2.24, 2.45) is 29.2 Å². The van der Waals surface area contributed by atoms with Crippen LogP contribution < -0.4 is 26.3 Å². The lowest BCUT2D eigenvalue weighted by Crippen LogP contribution is -2.34. The van der Waals surface area contributed by atoms with Gasteiger partial charge in [0.1, 0.15) is 12.4 Å². The Morgan fingerprint density at radius 1 is 1.18 bits per heavy atom. The summed E-state index contributed by atoms with van der Waals surface area (Å²) in [5, 5.41) is 3.94. The molecule has 1 saturated heterocycles. The van der Waals surface area contributed by atoms with Crippen LogP contribution in [-0.2, 0) is 9.53 Å². The highest BCUT2D eigenvalue weighted by atomic mass is 19.1. The average Bonchev–Trinajstić information content (AvgIpc) is 3.32. The van der Waals surface area contributed by atoms with E-state index in [1.54, 1.807) is 18.3 Å². The number of nitrogens with one attached hydrogen (secondary N) is 1. The molecule has 5 N–H and O–H groups in total. The van der Waals surface area contributed by atoms with Crippen LogP contribution in [0.15, 0.2) is 18.3 Å². The fourth-order valence-electron chi connectivity index (χ4n) is 6.34. The van der Waals surface area contributed by atoms with Crippen LogP contribution in [0.1, 0.15) is 67.8 Å². The van der Waals surface area contributed by atoms with E-state index in [1.165, 1.54) is 7.11 Å². The molecule has 0 spiro atoms. The first-order chi connectivity index (χ1) is 21.7. The van der Waals surface area contributed by atoms with E-state index in [2.05, 4.69) is 34.1 Å². The SMILES string of the molecule is CC[C@@H]1[C@H](F)C(=O)N[C@@H]1COc1ncc(C#C[C@H]2CC[C@H](CN(C)CCCOCCCN)CC2)c2cc(C(N)=O)c(OC)cc12. The first kappa shape index (κ1) is 34.4. The summed E-state index contributed by atoms with van der Waals surface area (Å²) in [4.78, 5) is 31.1. The second-order valence-corrected chi connectivity index (χ2v) is 12.2. The number of primary amides is 1. The summed E-state index contributed by atoms with van der Waals surface area (Å²) >= 11 is 0. The molecule has 1 aliphatic heterocycles. The number of hydrogen-bond acceptors (Lipinski definition) is 8. The lowest BCUT2D eigenvalue weighted by Gasteiger charge is -2.29. The normalized spacial score (nSPS) is 23.1. The molecule has 2 aliphatic rings. The number of rotatable bonds is 15. The van der Waals surface area contributed by atoms with Crippen LogP contribution in [-0.4, -0.2) is 87.5 Å². The third-order valence-corrected chi connectivity index (χ3v) is 8.93. The highest BCUT2D eigenvalue weighted by Gasteiger charge is 2.41. The molecule has 0 bridgehead atoms. The number of hydrogen-bond donors (Lipinski definition) is 3. The predicted octanol–water partition coefficient (Wildman–Crippen LogP) is 3.43. The molecule has 1 aliphatic carbocycles. The van der Waals surface area contributed by atoms with E-state index >= 15 is 0 Å². The van der Waals surface area contributed by atoms with Crippen molar-refractivity contribution in [3.05, 3.63) is 29.5 Å². The van der Waals surface area contributed by atoms with Crippen molar-refractivity contribution >= 4 is 22.6 Å². The summed E-state index contributed by atoms with van der Waals surface area (Å²) in [5.74, 6) is 6.55. The van der Waals surface area contributed by atoms with Crippen LogP contribution >= 0.6 is 0 Å². The summed E-state index contributed by atoms with van der Waals surface area (Å²) in [6, 6.07) is 2.85. The third-order valence-electron chi connectivity index (χ3n) is 8.93. The van der Waals surface area contributed by atoms with Crippen molar-refractivity contribution in [2.45, 2.75) is 64.1 Å². The van der Waals surface area contributed by atoms with Crippen LogP contribution in [0, 0.1) is 29.6 Å². The topological polar surface area (TPSA) is 142 Å². The number of alkyl halides is 1. The number of carbonyl (C=O) groups is 2. The Labute approximate surface area is 265 Å². The number of halogens is 1. The molecule has 45 heavy (non-hydrogen) atoms. The van der Waals surface area contributed by atoms with Gasteiger partial charge in [0.25, 0.3) is 11.8 Å². The number of nitrogens with zero attached hydrogens (tertiary/aromatic N) is 2. The maximum absolute atomic E-state index is 14.3. The summed E-state index contributed by atoms with van der Waals surface area (Å²) in [6.45, 7) is 6.17. The number of ether oxygens (including phenoxy) is 3. The van der Waals surface area contributed by atoms with E-state index < -0.39 is 29.9 Å². The predicted molar refractivity (Wildman–Crippen MR) is 172 cm³/mol. The largest absolute Gasteiger partial charge is 0.496 e. The first-order valence-corrected chi connectivity index (χ1v) is 16.1. The van der Waals surface area contributed by atoms with Gasteiger partial charge in [-0.1, -0.05) is 18.8 Å². The summed E-state index contributed by atoms with van der Waals surface area (Å²) < 4.78 is 31.4. The Balaban J connectivity index is 1.43. The van der Waals surface area contributed by atoms with Crippen molar-refractivity contribution in [2.75, 3.05) is 53.6 Å². The van der Waals surface area contributed by atoms with Crippen LogP contribution in [0.4, 0.5) is 4.39 Å². The van der Waals surface area contributed by atoms with Gasteiger partial charge in [-0.3, -0.25) is 9.59 Å². The minimum atomic E-state index is -1.56. The number of methoxy groups -OCH3 is 1. The lowest BCUT2D eigenvalue weighted by molar-refractivity contribution is -0.123. The number of amides is 2. The van der Waals surface area contributed by atoms with Crippen LogP contribution in [0.5, 0.6) is 11.6 Å². The molecule has 2 amide bonds.